The number of likely N-dealkylation sites (N-methyl/N-ethyl adjacent to an activating group) is 2. The Kier molecular flexibility index (Phi) is 14.6. The zero-order chi connectivity index (χ0) is 36.7. The summed E-state index contributed by atoms with van der Waals surface area (Å²) in [4.78, 5) is 11.7. The molecule has 3 aromatic rings. The van der Waals surface area contributed by atoms with E-state index in [1.807, 2.05) is 33.3 Å². The predicted octanol–water partition coefficient (Wildman–Crippen LogP) is 5.60. The van der Waals surface area contributed by atoms with E-state index in [-0.39, 0.29) is 17.2 Å². The third kappa shape index (κ3) is 12.1. The first-order valence-electron chi connectivity index (χ1n) is 15.6. The lowest BCUT2D eigenvalue weighted by Gasteiger charge is -2.51. The second-order valence-electron chi connectivity index (χ2n) is 13.9. The van der Waals surface area contributed by atoms with Gasteiger partial charge in [-0.1, -0.05) is 68.3 Å². The van der Waals surface area contributed by atoms with Gasteiger partial charge >= 0.3 is 5.97 Å². The molecular formula is C34H50ClN2O9S2+. The fourth-order valence-corrected chi connectivity index (χ4v) is 7.67. The van der Waals surface area contributed by atoms with E-state index in [2.05, 4.69) is 45.0 Å². The van der Waals surface area contributed by atoms with E-state index in [4.69, 9.17) is 30.9 Å². The molecule has 1 saturated carbocycles. The van der Waals surface area contributed by atoms with E-state index >= 15 is 0 Å². The molecule has 0 heterocycles. The predicted molar refractivity (Wildman–Crippen MR) is 189 cm³/mol. The number of aliphatic hydroxyl groups is 1. The minimum atomic E-state index is -4.47. The van der Waals surface area contributed by atoms with Gasteiger partial charge in [0.15, 0.2) is 0 Å². The van der Waals surface area contributed by atoms with Gasteiger partial charge in [-0.05, 0) is 69.1 Å². The highest BCUT2D eigenvalue weighted by atomic mass is 35.5. The Bertz CT molecular complexity index is 1660. The Morgan fingerprint density at radius 2 is 1.33 bits per heavy atom. The molecule has 4 N–H and O–H groups in total. The number of aliphatic carboxylic acids is 1. The van der Waals surface area contributed by atoms with Crippen molar-refractivity contribution in [2.45, 2.75) is 73.3 Å². The molecule has 4 rings (SSSR count). The number of nitrogens with zero attached hydrogens (tertiary/aromatic N) is 2. The summed E-state index contributed by atoms with van der Waals surface area (Å²) in [5, 5.41) is 18.4. The van der Waals surface area contributed by atoms with Crippen molar-refractivity contribution < 1.29 is 45.4 Å². The summed E-state index contributed by atoms with van der Waals surface area (Å²) >= 11 is 6.04. The van der Waals surface area contributed by atoms with Gasteiger partial charge in [0.1, 0.15) is 22.4 Å². The molecule has 2 atom stereocenters. The lowest BCUT2D eigenvalue weighted by molar-refractivity contribution is -0.873. The van der Waals surface area contributed by atoms with Crippen LogP contribution in [0.2, 0.25) is 5.02 Å². The number of hydrogen-bond acceptors (Lipinski definition) is 7. The smallest absolute Gasteiger partial charge is 0.306 e. The van der Waals surface area contributed by atoms with E-state index < -0.39 is 42.1 Å². The van der Waals surface area contributed by atoms with Crippen LogP contribution in [0.5, 0.6) is 0 Å². The minimum absolute atomic E-state index is 0.0233. The first-order valence-corrected chi connectivity index (χ1v) is 18.8. The normalized spacial score (nSPS) is 15.9. The lowest BCUT2D eigenvalue weighted by atomic mass is 9.58. The lowest BCUT2D eigenvalue weighted by Crippen LogP contribution is -2.52. The molecule has 0 saturated heterocycles. The van der Waals surface area contributed by atoms with Crippen molar-refractivity contribution in [1.82, 2.24) is 4.90 Å². The molecule has 268 valence electrons. The summed E-state index contributed by atoms with van der Waals surface area (Å²) in [6, 6.07) is 16.7. The van der Waals surface area contributed by atoms with E-state index in [1.165, 1.54) is 55.5 Å². The Hall–Kier alpha value is -2.62. The molecule has 0 spiro atoms. The topological polar surface area (TPSA) is 170 Å². The number of halogens is 1. The highest BCUT2D eigenvalue weighted by Crippen LogP contribution is 2.49. The zero-order valence-electron chi connectivity index (χ0n) is 28.7. The minimum Gasteiger partial charge on any atom is -0.481 e. The van der Waals surface area contributed by atoms with E-state index in [1.54, 1.807) is 0 Å². The maximum absolute atomic E-state index is 11.2. The third-order valence-electron chi connectivity index (χ3n) is 8.19. The Morgan fingerprint density at radius 3 is 1.65 bits per heavy atom. The molecule has 11 nitrogen and oxygen atoms in total. The summed E-state index contributed by atoms with van der Waals surface area (Å²) in [7, 11) is 1.24. The number of quaternary nitrogens is 1. The molecule has 0 aliphatic heterocycles. The number of carboxylic acid groups (broad SMARTS) is 1. The average molecular weight is 730 g/mol. The van der Waals surface area contributed by atoms with E-state index in [0.29, 0.717) is 22.5 Å². The van der Waals surface area contributed by atoms with Crippen LogP contribution in [-0.2, 0) is 30.4 Å². The number of rotatable bonds is 11. The molecule has 3 aromatic carbocycles. The van der Waals surface area contributed by atoms with Crippen molar-refractivity contribution in [3.05, 3.63) is 71.2 Å². The van der Waals surface area contributed by atoms with Crippen LogP contribution < -0.4 is 0 Å². The molecule has 0 aromatic heterocycles. The largest absolute Gasteiger partial charge is 0.481 e. The van der Waals surface area contributed by atoms with Crippen molar-refractivity contribution in [2.24, 2.45) is 5.92 Å². The van der Waals surface area contributed by atoms with Crippen molar-refractivity contribution in [1.29, 1.82) is 0 Å². The molecule has 1 aliphatic rings. The maximum Gasteiger partial charge on any atom is 0.306 e. The summed E-state index contributed by atoms with van der Waals surface area (Å²) in [5.74, 6) is -0.219. The van der Waals surface area contributed by atoms with Gasteiger partial charge in [-0.3, -0.25) is 13.9 Å². The number of hydrogen-bond donors (Lipinski definition) is 4. The molecule has 1 unspecified atom stereocenters. The number of carbonyl (C=O) groups is 1. The van der Waals surface area contributed by atoms with Gasteiger partial charge in [-0.25, -0.2) is 0 Å². The van der Waals surface area contributed by atoms with Crippen LogP contribution in [0.25, 0.3) is 10.8 Å². The van der Waals surface area contributed by atoms with Crippen LogP contribution in [0.3, 0.4) is 0 Å². The Morgan fingerprint density at radius 1 is 0.875 bits per heavy atom. The van der Waals surface area contributed by atoms with Gasteiger partial charge in [0.05, 0.1) is 27.6 Å². The van der Waals surface area contributed by atoms with Gasteiger partial charge in [0, 0.05) is 27.3 Å². The van der Waals surface area contributed by atoms with Crippen LogP contribution in [0.1, 0.15) is 51.5 Å². The Balaban J connectivity index is 0.000000260. The van der Waals surface area contributed by atoms with Gasteiger partial charge < -0.3 is 19.6 Å². The van der Waals surface area contributed by atoms with Crippen molar-refractivity contribution >= 4 is 48.6 Å². The molecule has 14 heteroatoms. The molecule has 48 heavy (non-hydrogen) atoms. The van der Waals surface area contributed by atoms with Gasteiger partial charge in [-0.2, -0.15) is 16.8 Å². The van der Waals surface area contributed by atoms with Crippen LogP contribution in [0, 0.1) is 5.92 Å². The SMILES string of the molecule is CC(C)CC(N(C)C)C1(c2ccc(Cl)cc2)CCC1.C[N+](C)(C)C[C@H](O)CC(=O)O.O=S(=O)(O)c1cccc2c(S(=O)(=O)O)cccc12. The molecule has 1 aliphatic carbocycles. The highest BCUT2D eigenvalue weighted by molar-refractivity contribution is 7.86. The standard InChI is InChI=1S/C17H26ClN.C10H8O6S2.C7H15NO3/c1-13(2)12-16(19(3)4)17(10-5-11-17)14-6-8-15(18)9-7-14;11-17(12,13)9-5-1-3-7-8(9)4-2-6-10(7)18(14,15)16;1-8(2,3)5-6(9)4-7(10)11/h6-9,13,16H,5,10-12H2,1-4H3;1-6H,(H,11,12,13)(H,14,15,16);6,9H,4-5H2,1-3H3/p+1/t;;6-/m..1/s1. The summed E-state index contributed by atoms with van der Waals surface area (Å²) in [6.45, 7) is 5.11. The van der Waals surface area contributed by atoms with Gasteiger partial charge in [-0.15, -0.1) is 0 Å². The van der Waals surface area contributed by atoms with Crippen LogP contribution >= 0.6 is 11.6 Å². The fraction of sp³-hybridized carbons (Fsp3) is 0.500. The average Bonchev–Trinajstić information content (AvgIpc) is 2.90. The maximum atomic E-state index is 11.2. The second kappa shape index (κ2) is 16.9. The summed E-state index contributed by atoms with van der Waals surface area (Å²) in [5.41, 5.74) is 1.82. The number of fused-ring (bicyclic) bond motifs is 1. The van der Waals surface area contributed by atoms with Gasteiger partial charge in [0.25, 0.3) is 20.2 Å². The number of carboxylic acids is 1. The number of aliphatic hydroxyl groups excluding tert-OH is 1. The molecule has 0 bridgehead atoms. The van der Waals surface area contributed by atoms with Crippen molar-refractivity contribution in [2.75, 3.05) is 41.8 Å². The highest BCUT2D eigenvalue weighted by Gasteiger charge is 2.46. The monoisotopic (exact) mass is 729 g/mol. The first-order chi connectivity index (χ1) is 22.0. The van der Waals surface area contributed by atoms with E-state index in [0.717, 1.165) is 23.1 Å². The number of benzene rings is 3. The summed E-state index contributed by atoms with van der Waals surface area (Å²) in [6.07, 6.45) is 4.32. The van der Waals surface area contributed by atoms with Crippen LogP contribution in [-0.4, -0.2) is 105 Å². The van der Waals surface area contributed by atoms with E-state index in [9.17, 15) is 21.6 Å². The van der Waals surface area contributed by atoms with Crippen LogP contribution in [0.15, 0.2) is 70.5 Å². The second-order valence-corrected chi connectivity index (χ2v) is 17.1. The van der Waals surface area contributed by atoms with Crippen molar-refractivity contribution in [3.8, 4) is 0 Å². The first kappa shape index (κ1) is 41.6. The summed E-state index contributed by atoms with van der Waals surface area (Å²) < 4.78 is 63.3. The Labute approximate surface area is 290 Å². The third-order valence-corrected chi connectivity index (χ3v) is 10.3. The zero-order valence-corrected chi connectivity index (χ0v) is 31.1. The molecular weight excluding hydrogens is 680 g/mol. The van der Waals surface area contributed by atoms with Gasteiger partial charge in [0.2, 0.25) is 0 Å². The molecule has 1 fully saturated rings. The molecule has 0 radical (unpaired) electrons. The van der Waals surface area contributed by atoms with Crippen LogP contribution in [0.4, 0.5) is 0 Å². The fourth-order valence-electron chi connectivity index (χ4n) is 6.13. The van der Waals surface area contributed by atoms with Crippen molar-refractivity contribution in [3.63, 3.8) is 0 Å². The molecule has 0 amide bonds. The quantitative estimate of drug-likeness (QED) is 0.144.